The second-order valence-electron chi connectivity index (χ2n) is 5.67. The fourth-order valence-corrected chi connectivity index (χ4v) is 2.62. The normalized spacial score (nSPS) is 16.4. The molecule has 2 N–H and O–H groups in total. The van der Waals surface area contributed by atoms with Crippen molar-refractivity contribution in [2.75, 3.05) is 13.2 Å². The lowest BCUT2D eigenvalue weighted by Gasteiger charge is -2.23. The number of ether oxygens (including phenoxy) is 1. The number of amides is 1. The van der Waals surface area contributed by atoms with Gasteiger partial charge in [0.2, 0.25) is 0 Å². The van der Waals surface area contributed by atoms with Gasteiger partial charge in [0.05, 0.1) is 5.41 Å². The number of carboxylic acids is 1. The summed E-state index contributed by atoms with van der Waals surface area (Å²) < 4.78 is 5.37. The maximum Gasteiger partial charge on any atom is 0.311 e. The van der Waals surface area contributed by atoms with Gasteiger partial charge in [-0.15, -0.1) is 0 Å². The summed E-state index contributed by atoms with van der Waals surface area (Å²) in [7, 11) is 0. The molecule has 0 aromatic heterocycles. The Balaban J connectivity index is 1.79. The van der Waals surface area contributed by atoms with Crippen LogP contribution in [0.2, 0.25) is 0 Å². The summed E-state index contributed by atoms with van der Waals surface area (Å²) >= 11 is 0. The third-order valence-electron chi connectivity index (χ3n) is 4.03. The molecule has 1 aromatic carbocycles. The van der Waals surface area contributed by atoms with Gasteiger partial charge < -0.3 is 15.2 Å². The molecule has 1 saturated carbocycles. The minimum absolute atomic E-state index is 0.0985. The van der Waals surface area contributed by atoms with Gasteiger partial charge in [-0.2, -0.15) is 0 Å². The van der Waals surface area contributed by atoms with Crippen LogP contribution in [0.5, 0.6) is 5.75 Å². The molecule has 1 aliphatic rings. The van der Waals surface area contributed by atoms with Crippen molar-refractivity contribution in [2.24, 2.45) is 5.41 Å². The summed E-state index contributed by atoms with van der Waals surface area (Å²) in [6.45, 7) is 2.06. The minimum Gasteiger partial charge on any atom is -0.484 e. The molecule has 0 radical (unpaired) electrons. The molecule has 0 atom stereocenters. The van der Waals surface area contributed by atoms with Crippen LogP contribution in [0.25, 0.3) is 0 Å². The number of hydrogen-bond acceptors (Lipinski definition) is 3. The fourth-order valence-electron chi connectivity index (χ4n) is 2.62. The first-order valence-electron chi connectivity index (χ1n) is 7.21. The van der Waals surface area contributed by atoms with Gasteiger partial charge in [-0.05, 0) is 31.9 Å². The third kappa shape index (κ3) is 3.97. The van der Waals surface area contributed by atoms with E-state index >= 15 is 0 Å². The monoisotopic (exact) mass is 291 g/mol. The number of rotatable bonds is 6. The molecule has 0 bridgehead atoms. The van der Waals surface area contributed by atoms with E-state index in [0.717, 1.165) is 18.4 Å². The van der Waals surface area contributed by atoms with Crippen molar-refractivity contribution in [1.29, 1.82) is 0 Å². The number of carbonyl (C=O) groups excluding carboxylic acids is 1. The molecule has 0 aliphatic heterocycles. The molecule has 1 aliphatic carbocycles. The molecule has 0 unspecified atom stereocenters. The molecule has 0 saturated heterocycles. The molecular weight excluding hydrogens is 270 g/mol. The zero-order chi connectivity index (χ0) is 15.3. The van der Waals surface area contributed by atoms with E-state index in [1.165, 1.54) is 0 Å². The largest absolute Gasteiger partial charge is 0.484 e. The first-order chi connectivity index (χ1) is 10.0. The lowest BCUT2D eigenvalue weighted by molar-refractivity contribution is -0.148. The summed E-state index contributed by atoms with van der Waals surface area (Å²) in [6, 6.07) is 7.42. The highest BCUT2D eigenvalue weighted by Crippen LogP contribution is 2.37. The molecule has 0 spiro atoms. The molecule has 2 rings (SSSR count). The summed E-state index contributed by atoms with van der Waals surface area (Å²) in [6.07, 6.45) is 3.06. The molecule has 1 amide bonds. The van der Waals surface area contributed by atoms with Crippen molar-refractivity contribution >= 4 is 11.9 Å². The topological polar surface area (TPSA) is 75.6 Å². The number of aryl methyl sites for hydroxylation is 1. The average molecular weight is 291 g/mol. The van der Waals surface area contributed by atoms with Gasteiger partial charge in [0, 0.05) is 6.54 Å². The van der Waals surface area contributed by atoms with E-state index in [4.69, 9.17) is 4.74 Å². The van der Waals surface area contributed by atoms with Crippen LogP contribution in [0, 0.1) is 12.3 Å². The Morgan fingerprint density at radius 2 is 1.86 bits per heavy atom. The van der Waals surface area contributed by atoms with Crippen LogP contribution < -0.4 is 10.1 Å². The van der Waals surface area contributed by atoms with Crippen LogP contribution >= 0.6 is 0 Å². The molecule has 21 heavy (non-hydrogen) atoms. The molecule has 114 valence electrons. The molecule has 5 heteroatoms. The van der Waals surface area contributed by atoms with Crippen molar-refractivity contribution in [1.82, 2.24) is 5.32 Å². The van der Waals surface area contributed by atoms with Gasteiger partial charge >= 0.3 is 5.97 Å². The average Bonchev–Trinajstić information content (AvgIpc) is 2.95. The Morgan fingerprint density at radius 1 is 1.24 bits per heavy atom. The Labute approximate surface area is 124 Å². The first kappa shape index (κ1) is 15.4. The first-order valence-corrected chi connectivity index (χ1v) is 7.21. The van der Waals surface area contributed by atoms with E-state index < -0.39 is 11.4 Å². The highest BCUT2D eigenvalue weighted by Gasteiger charge is 2.41. The van der Waals surface area contributed by atoms with E-state index in [1.54, 1.807) is 12.1 Å². The van der Waals surface area contributed by atoms with Gasteiger partial charge in [0.25, 0.3) is 5.91 Å². The summed E-state index contributed by atoms with van der Waals surface area (Å²) in [5.41, 5.74) is 0.330. The Morgan fingerprint density at radius 3 is 2.43 bits per heavy atom. The second kappa shape index (κ2) is 6.61. The summed E-state index contributed by atoms with van der Waals surface area (Å²) in [5.74, 6) is -0.479. The van der Waals surface area contributed by atoms with Gasteiger partial charge in [0.15, 0.2) is 6.61 Å². The maximum absolute atomic E-state index is 11.8. The quantitative estimate of drug-likeness (QED) is 0.842. The third-order valence-corrected chi connectivity index (χ3v) is 4.03. The Hall–Kier alpha value is -2.04. The predicted octanol–water partition coefficient (Wildman–Crippen LogP) is 2.14. The highest BCUT2D eigenvalue weighted by atomic mass is 16.5. The molecule has 1 aromatic rings. The van der Waals surface area contributed by atoms with Crippen molar-refractivity contribution in [2.45, 2.75) is 32.6 Å². The van der Waals surface area contributed by atoms with E-state index in [-0.39, 0.29) is 19.1 Å². The summed E-state index contributed by atoms with van der Waals surface area (Å²) in [5, 5.41) is 12.0. The number of nitrogens with one attached hydrogen (secondary N) is 1. The standard InChI is InChI=1S/C16H21NO4/c1-12-4-6-13(7-5-12)21-10-14(18)17-11-16(15(19)20)8-2-3-9-16/h4-7H,2-3,8-11H2,1H3,(H,17,18)(H,19,20). The van der Waals surface area contributed by atoms with Crippen LogP contribution in [0.4, 0.5) is 0 Å². The van der Waals surface area contributed by atoms with E-state index in [1.807, 2.05) is 19.1 Å². The maximum atomic E-state index is 11.8. The molecule has 5 nitrogen and oxygen atoms in total. The smallest absolute Gasteiger partial charge is 0.311 e. The second-order valence-corrected chi connectivity index (χ2v) is 5.67. The van der Waals surface area contributed by atoms with Crippen molar-refractivity contribution in [3.8, 4) is 5.75 Å². The van der Waals surface area contributed by atoms with Crippen molar-refractivity contribution in [3.05, 3.63) is 29.8 Å². The minimum atomic E-state index is -0.820. The van der Waals surface area contributed by atoms with Gasteiger partial charge in [0.1, 0.15) is 5.75 Å². The zero-order valence-corrected chi connectivity index (χ0v) is 12.2. The number of carbonyl (C=O) groups is 2. The zero-order valence-electron chi connectivity index (χ0n) is 12.2. The van der Waals surface area contributed by atoms with Crippen molar-refractivity contribution < 1.29 is 19.4 Å². The van der Waals surface area contributed by atoms with Gasteiger partial charge in [-0.25, -0.2) is 0 Å². The predicted molar refractivity (Wildman–Crippen MR) is 78.2 cm³/mol. The molecular formula is C16H21NO4. The summed E-state index contributed by atoms with van der Waals surface area (Å²) in [4.78, 5) is 23.1. The SMILES string of the molecule is Cc1ccc(OCC(=O)NCC2(C(=O)O)CCCC2)cc1. The van der Waals surface area contributed by atoms with Crippen molar-refractivity contribution in [3.63, 3.8) is 0 Å². The van der Waals surface area contributed by atoms with E-state index in [0.29, 0.717) is 18.6 Å². The van der Waals surface area contributed by atoms with Crippen LogP contribution in [-0.4, -0.2) is 30.1 Å². The lowest BCUT2D eigenvalue weighted by atomic mass is 9.86. The number of benzene rings is 1. The van der Waals surface area contributed by atoms with E-state index in [2.05, 4.69) is 5.32 Å². The number of hydrogen-bond donors (Lipinski definition) is 2. The highest BCUT2D eigenvalue weighted by molar-refractivity contribution is 5.80. The van der Waals surface area contributed by atoms with Gasteiger partial charge in [-0.1, -0.05) is 30.5 Å². The number of aliphatic carboxylic acids is 1. The molecule has 1 fully saturated rings. The van der Waals surface area contributed by atoms with Gasteiger partial charge in [-0.3, -0.25) is 9.59 Å². The number of carboxylic acid groups (broad SMARTS) is 1. The Bertz CT molecular complexity index is 504. The van der Waals surface area contributed by atoms with Crippen LogP contribution in [0.1, 0.15) is 31.2 Å². The Kier molecular flexibility index (Phi) is 4.83. The lowest BCUT2D eigenvalue weighted by Crippen LogP contribution is -2.42. The van der Waals surface area contributed by atoms with Crippen LogP contribution in [0.15, 0.2) is 24.3 Å². The van der Waals surface area contributed by atoms with Crippen LogP contribution in [-0.2, 0) is 9.59 Å². The van der Waals surface area contributed by atoms with E-state index in [9.17, 15) is 14.7 Å². The van der Waals surface area contributed by atoms with Crippen LogP contribution in [0.3, 0.4) is 0 Å². The molecule has 0 heterocycles. The fraction of sp³-hybridized carbons (Fsp3) is 0.500.